The van der Waals surface area contributed by atoms with Crippen LogP contribution in [0, 0.1) is 0 Å². The standard InChI is InChI=1S/C15H24N2O/c1-12-9-10-17(15(2,3)11-16-12)13-7-5-6-8-14(13)18-4/h5-8,12,16H,9-11H2,1-4H3. The molecule has 0 aliphatic carbocycles. The third-order valence-electron chi connectivity index (χ3n) is 3.78. The molecule has 0 aromatic heterocycles. The quantitative estimate of drug-likeness (QED) is 0.871. The van der Waals surface area contributed by atoms with Crippen molar-refractivity contribution >= 4 is 5.69 Å². The molecule has 1 fully saturated rings. The summed E-state index contributed by atoms with van der Waals surface area (Å²) in [5, 5.41) is 3.59. The molecule has 1 atom stereocenters. The van der Waals surface area contributed by atoms with Crippen LogP contribution in [0.15, 0.2) is 24.3 Å². The molecule has 0 saturated carbocycles. The molecule has 3 heteroatoms. The largest absolute Gasteiger partial charge is 0.495 e. The maximum atomic E-state index is 5.50. The maximum absolute atomic E-state index is 5.50. The van der Waals surface area contributed by atoms with Crippen LogP contribution in [0.25, 0.3) is 0 Å². The lowest BCUT2D eigenvalue weighted by atomic mass is 10.0. The molecule has 1 aromatic carbocycles. The van der Waals surface area contributed by atoms with Gasteiger partial charge in [-0.3, -0.25) is 0 Å². The van der Waals surface area contributed by atoms with Crippen LogP contribution in [-0.2, 0) is 0 Å². The van der Waals surface area contributed by atoms with E-state index in [1.807, 2.05) is 12.1 Å². The Morgan fingerprint density at radius 3 is 2.78 bits per heavy atom. The van der Waals surface area contributed by atoms with Gasteiger partial charge >= 0.3 is 0 Å². The van der Waals surface area contributed by atoms with E-state index in [1.165, 1.54) is 5.69 Å². The highest BCUT2D eigenvalue weighted by Crippen LogP contribution is 2.33. The molecule has 1 aliphatic rings. The Bertz CT molecular complexity index is 403. The molecule has 0 radical (unpaired) electrons. The van der Waals surface area contributed by atoms with Crippen molar-refractivity contribution in [1.82, 2.24) is 5.32 Å². The van der Waals surface area contributed by atoms with Gasteiger partial charge in [-0.25, -0.2) is 0 Å². The minimum atomic E-state index is 0.0966. The Hall–Kier alpha value is -1.22. The van der Waals surface area contributed by atoms with Crippen LogP contribution in [-0.4, -0.2) is 31.8 Å². The second kappa shape index (κ2) is 5.19. The molecule has 100 valence electrons. The first kappa shape index (κ1) is 13.2. The lowest BCUT2D eigenvalue weighted by molar-refractivity contribution is 0.403. The van der Waals surface area contributed by atoms with Gasteiger partial charge in [0.1, 0.15) is 5.75 Å². The molecule has 0 spiro atoms. The number of ether oxygens (including phenoxy) is 1. The second-order valence-electron chi connectivity index (χ2n) is 5.71. The molecule has 3 nitrogen and oxygen atoms in total. The van der Waals surface area contributed by atoms with Crippen LogP contribution < -0.4 is 15.0 Å². The highest BCUT2D eigenvalue weighted by atomic mass is 16.5. The topological polar surface area (TPSA) is 24.5 Å². The maximum Gasteiger partial charge on any atom is 0.142 e. The molecule has 1 unspecified atom stereocenters. The first-order chi connectivity index (χ1) is 8.54. The van der Waals surface area contributed by atoms with Gasteiger partial charge in [0.25, 0.3) is 0 Å². The third kappa shape index (κ3) is 2.61. The Labute approximate surface area is 110 Å². The van der Waals surface area contributed by atoms with Crippen molar-refractivity contribution in [2.75, 3.05) is 25.1 Å². The van der Waals surface area contributed by atoms with E-state index in [0.717, 1.165) is 25.3 Å². The molecular weight excluding hydrogens is 224 g/mol. The zero-order chi connectivity index (χ0) is 13.2. The Kier molecular flexibility index (Phi) is 3.81. The van der Waals surface area contributed by atoms with Crippen molar-refractivity contribution in [3.05, 3.63) is 24.3 Å². The Balaban J connectivity index is 2.34. The summed E-state index contributed by atoms with van der Waals surface area (Å²) in [5.74, 6) is 0.958. The van der Waals surface area contributed by atoms with Crippen molar-refractivity contribution in [1.29, 1.82) is 0 Å². The van der Waals surface area contributed by atoms with Gasteiger partial charge in [-0.05, 0) is 39.3 Å². The Morgan fingerprint density at radius 2 is 2.06 bits per heavy atom. The molecule has 1 heterocycles. The van der Waals surface area contributed by atoms with Crippen molar-refractivity contribution in [3.63, 3.8) is 0 Å². The monoisotopic (exact) mass is 248 g/mol. The average molecular weight is 248 g/mol. The molecule has 0 amide bonds. The third-order valence-corrected chi connectivity index (χ3v) is 3.78. The number of hydrogen-bond donors (Lipinski definition) is 1. The van der Waals surface area contributed by atoms with Gasteiger partial charge in [-0.2, -0.15) is 0 Å². The fourth-order valence-electron chi connectivity index (χ4n) is 2.55. The molecular formula is C15H24N2O. The lowest BCUT2D eigenvalue weighted by Crippen LogP contribution is -2.49. The molecule has 0 bridgehead atoms. The zero-order valence-electron chi connectivity index (χ0n) is 11.9. The van der Waals surface area contributed by atoms with Gasteiger partial charge in [-0.15, -0.1) is 0 Å². The first-order valence-electron chi connectivity index (χ1n) is 6.68. The summed E-state index contributed by atoms with van der Waals surface area (Å²) in [4.78, 5) is 2.46. The second-order valence-corrected chi connectivity index (χ2v) is 5.71. The molecule has 18 heavy (non-hydrogen) atoms. The van der Waals surface area contributed by atoms with Crippen molar-refractivity contribution < 1.29 is 4.74 Å². The summed E-state index contributed by atoms with van der Waals surface area (Å²) in [6.45, 7) is 8.87. The summed E-state index contributed by atoms with van der Waals surface area (Å²) in [6.07, 6.45) is 1.15. The number of anilines is 1. The number of benzene rings is 1. The number of hydrogen-bond acceptors (Lipinski definition) is 3. The summed E-state index contributed by atoms with van der Waals surface area (Å²) in [6, 6.07) is 8.86. The van der Waals surface area contributed by atoms with Crippen LogP contribution in [0.2, 0.25) is 0 Å². The van der Waals surface area contributed by atoms with Gasteiger partial charge in [0.15, 0.2) is 0 Å². The summed E-state index contributed by atoms with van der Waals surface area (Å²) >= 11 is 0. The summed E-state index contributed by atoms with van der Waals surface area (Å²) < 4.78 is 5.50. The first-order valence-corrected chi connectivity index (χ1v) is 6.68. The van der Waals surface area contributed by atoms with Crippen molar-refractivity contribution in [2.45, 2.75) is 38.8 Å². The smallest absolute Gasteiger partial charge is 0.142 e. The minimum absolute atomic E-state index is 0.0966. The number of nitrogens with one attached hydrogen (secondary N) is 1. The van der Waals surface area contributed by atoms with Crippen LogP contribution in [0.3, 0.4) is 0 Å². The van der Waals surface area contributed by atoms with Gasteiger partial charge in [-0.1, -0.05) is 12.1 Å². The average Bonchev–Trinajstić information content (AvgIpc) is 2.49. The van der Waals surface area contributed by atoms with E-state index in [9.17, 15) is 0 Å². The predicted molar refractivity (Wildman–Crippen MR) is 76.5 cm³/mol. The van der Waals surface area contributed by atoms with Gasteiger partial charge in [0.05, 0.1) is 12.8 Å². The molecule has 2 rings (SSSR count). The van der Waals surface area contributed by atoms with E-state index in [0.29, 0.717) is 6.04 Å². The fraction of sp³-hybridized carbons (Fsp3) is 0.600. The van der Waals surface area contributed by atoms with E-state index in [4.69, 9.17) is 4.74 Å². The fourth-order valence-corrected chi connectivity index (χ4v) is 2.55. The highest BCUT2D eigenvalue weighted by Gasteiger charge is 2.31. The molecule has 1 saturated heterocycles. The van der Waals surface area contributed by atoms with Gasteiger partial charge < -0.3 is 15.0 Å². The number of para-hydroxylation sites is 2. The van der Waals surface area contributed by atoms with E-state index in [2.05, 4.69) is 43.1 Å². The van der Waals surface area contributed by atoms with Crippen molar-refractivity contribution in [3.8, 4) is 5.75 Å². The Morgan fingerprint density at radius 1 is 1.33 bits per heavy atom. The highest BCUT2D eigenvalue weighted by molar-refractivity contribution is 5.60. The van der Waals surface area contributed by atoms with E-state index in [1.54, 1.807) is 7.11 Å². The van der Waals surface area contributed by atoms with Crippen LogP contribution in [0.4, 0.5) is 5.69 Å². The van der Waals surface area contributed by atoms with Crippen LogP contribution in [0.5, 0.6) is 5.75 Å². The molecule has 1 aliphatic heterocycles. The van der Waals surface area contributed by atoms with Crippen LogP contribution >= 0.6 is 0 Å². The SMILES string of the molecule is COc1ccccc1N1CCC(C)NCC1(C)C. The summed E-state index contributed by atoms with van der Waals surface area (Å²) in [7, 11) is 1.74. The van der Waals surface area contributed by atoms with Gasteiger partial charge in [0, 0.05) is 24.7 Å². The molecule has 1 N–H and O–H groups in total. The lowest BCUT2D eigenvalue weighted by Gasteiger charge is -2.39. The number of methoxy groups -OCH3 is 1. The summed E-state index contributed by atoms with van der Waals surface area (Å²) in [5.41, 5.74) is 1.29. The zero-order valence-corrected chi connectivity index (χ0v) is 11.9. The van der Waals surface area contributed by atoms with Gasteiger partial charge in [0.2, 0.25) is 0 Å². The van der Waals surface area contributed by atoms with E-state index >= 15 is 0 Å². The van der Waals surface area contributed by atoms with E-state index < -0.39 is 0 Å². The normalized spacial score (nSPS) is 23.6. The molecule has 1 aromatic rings. The predicted octanol–water partition coefficient (Wildman–Crippen LogP) is 2.66. The number of nitrogens with zero attached hydrogens (tertiary/aromatic N) is 1. The van der Waals surface area contributed by atoms with Crippen LogP contribution in [0.1, 0.15) is 27.2 Å². The number of rotatable bonds is 2. The minimum Gasteiger partial charge on any atom is -0.495 e. The van der Waals surface area contributed by atoms with E-state index in [-0.39, 0.29) is 5.54 Å². The van der Waals surface area contributed by atoms with Crippen molar-refractivity contribution in [2.24, 2.45) is 0 Å².